The van der Waals surface area contributed by atoms with E-state index in [1.54, 1.807) is 0 Å². The second-order valence-electron chi connectivity index (χ2n) is 1.11. The fourth-order valence-electron chi connectivity index (χ4n) is 0.289. The van der Waals surface area contributed by atoms with E-state index in [1.807, 2.05) is 0 Å². The Bertz CT molecular complexity index is 21.5. The molecule has 52 valence electrons. The van der Waals surface area contributed by atoms with E-state index in [4.69, 9.17) is 0 Å². The van der Waals surface area contributed by atoms with Crippen LogP contribution in [0.25, 0.3) is 0 Å². The van der Waals surface area contributed by atoms with Gasteiger partial charge in [-0.2, -0.15) is 0 Å². The number of hydrogen-bond acceptors (Lipinski definition) is 0. The summed E-state index contributed by atoms with van der Waals surface area (Å²) in [5, 5.41) is 2.85. The van der Waals surface area contributed by atoms with Crippen LogP contribution in [0, 0.1) is 0 Å². The van der Waals surface area contributed by atoms with E-state index < -0.39 is 0 Å². The summed E-state index contributed by atoms with van der Waals surface area (Å²) in [6.07, 6.45) is 0. The Morgan fingerprint density at radius 3 is 1.25 bits per heavy atom. The molecule has 0 saturated heterocycles. The molecule has 0 saturated carbocycles. The van der Waals surface area contributed by atoms with Crippen molar-refractivity contribution in [1.82, 2.24) is 0 Å². The molecule has 0 aliphatic carbocycles. The van der Waals surface area contributed by atoms with Gasteiger partial charge in [0.1, 0.15) is 0 Å². The van der Waals surface area contributed by atoms with Crippen molar-refractivity contribution in [3.63, 3.8) is 0 Å². The van der Waals surface area contributed by atoms with Gasteiger partial charge >= 0.3 is 39.6 Å². The molecule has 0 amide bonds. The Labute approximate surface area is 72.9 Å². The van der Waals surface area contributed by atoms with Gasteiger partial charge in [-0.05, 0) is 0 Å². The molecule has 0 aromatic heterocycles. The zero-order valence-electron chi connectivity index (χ0n) is 5.19. The molecule has 4 heteroatoms. The summed E-state index contributed by atoms with van der Waals surface area (Å²) in [6.45, 7) is 4.50. The summed E-state index contributed by atoms with van der Waals surface area (Å²) >= 11 is 0.815. The smallest absolute Gasteiger partial charge is 0.235 e. The minimum atomic E-state index is 0. The summed E-state index contributed by atoms with van der Waals surface area (Å²) in [7, 11) is 0. The molecule has 0 unspecified atom stereocenters. The predicted octanol–water partition coefficient (Wildman–Crippen LogP) is -7.96. The predicted molar refractivity (Wildman–Crippen MR) is 29.5 cm³/mol. The van der Waals surface area contributed by atoms with Gasteiger partial charge in [0, 0.05) is 0 Å². The van der Waals surface area contributed by atoms with Crippen molar-refractivity contribution in [2.45, 2.75) is 24.4 Å². The second-order valence-corrected chi connectivity index (χ2v) is 3.32. The Morgan fingerprint density at radius 2 is 1.25 bits per heavy atom. The van der Waals surface area contributed by atoms with Gasteiger partial charge in [0.05, 0.1) is 0 Å². The number of hydrogen-bond donors (Lipinski definition) is 0. The second kappa shape index (κ2) is 24.2. The fourth-order valence-corrected chi connectivity index (χ4v) is 0.866. The van der Waals surface area contributed by atoms with Crippen LogP contribution in [0.1, 0.15) is 13.8 Å². The zero-order chi connectivity index (χ0) is 4.12. The van der Waals surface area contributed by atoms with Gasteiger partial charge in [-0.15, -0.1) is 0 Å². The van der Waals surface area contributed by atoms with Crippen molar-refractivity contribution < 1.29 is 33.4 Å². The number of halogens is 3. The quantitative estimate of drug-likeness (QED) is 0.338. The number of rotatable bonds is 2. The molecule has 0 nitrogen and oxygen atoms in total. The minimum absolute atomic E-state index is 0. The van der Waals surface area contributed by atoms with Crippen molar-refractivity contribution in [2.24, 2.45) is 0 Å². The van der Waals surface area contributed by atoms with Crippen molar-refractivity contribution in [3.05, 3.63) is 0 Å². The first kappa shape index (κ1) is 22.9. The van der Waals surface area contributed by atoms with E-state index in [2.05, 4.69) is 13.8 Å². The van der Waals surface area contributed by atoms with Gasteiger partial charge in [0.2, 0.25) is 24.0 Å². The summed E-state index contributed by atoms with van der Waals surface area (Å²) in [4.78, 5) is 0. The van der Waals surface area contributed by atoms with Gasteiger partial charge in [0.25, 0.3) is 0 Å². The third-order valence-corrected chi connectivity index (χ3v) is 1.73. The van der Waals surface area contributed by atoms with E-state index in [0.29, 0.717) is 0 Å². The standard InChI is InChI=1S/2C2H5.Al.2FH.H2I/c2*1-2;;;;/h2*1H2,2H3;;2*1H;1H2/q;;+1;;;+1/p-2. The summed E-state index contributed by atoms with van der Waals surface area (Å²) < 4.78 is 0. The molecule has 0 aromatic carbocycles. The Balaban J connectivity index is -0.0000000267. The molecular weight excluding hydrogens is 240 g/mol. The Morgan fingerprint density at radius 1 is 1.00 bits per heavy atom. The SMILES string of the molecule is C[CH2][Al+][CH2]C.[F-].[F-].[IH2+]. The molecule has 0 rings (SSSR count). The van der Waals surface area contributed by atoms with Crippen LogP contribution in [0.4, 0.5) is 0 Å². The average Bonchev–Trinajstić information content (AvgIpc) is 1.41. The maximum atomic E-state index is 2.25. The topological polar surface area (TPSA) is 0 Å². The van der Waals surface area contributed by atoms with E-state index in [0.717, 1.165) is 15.2 Å². The Hall–Kier alpha value is 1.12. The van der Waals surface area contributed by atoms with E-state index in [1.165, 1.54) is 10.6 Å². The van der Waals surface area contributed by atoms with Crippen molar-refractivity contribution in [2.75, 3.05) is 0 Å². The van der Waals surface area contributed by atoms with Gasteiger partial charge < -0.3 is 9.41 Å². The molecule has 0 spiro atoms. The molecule has 0 atom stereocenters. The largest absolute Gasteiger partial charge is 1.00 e. The third kappa shape index (κ3) is 27.4. The van der Waals surface area contributed by atoms with Gasteiger partial charge in [0.15, 0.2) is 0 Å². The summed E-state index contributed by atoms with van der Waals surface area (Å²) in [5.74, 6) is 0. The van der Waals surface area contributed by atoms with E-state index in [-0.39, 0.29) is 33.4 Å². The van der Waals surface area contributed by atoms with Crippen LogP contribution in [-0.2, 0) is 0 Å². The molecule has 0 aromatic rings. The van der Waals surface area contributed by atoms with Crippen molar-refractivity contribution in [3.8, 4) is 0 Å². The van der Waals surface area contributed by atoms with Crippen LogP contribution in [0.3, 0.4) is 0 Å². The van der Waals surface area contributed by atoms with Crippen LogP contribution >= 0.6 is 0 Å². The van der Waals surface area contributed by atoms with E-state index >= 15 is 0 Å². The van der Waals surface area contributed by atoms with Gasteiger partial charge in [-0.1, -0.05) is 0 Å². The normalized spacial score (nSPS) is 4.25. The van der Waals surface area contributed by atoms with Crippen LogP contribution in [-0.4, -0.2) is 15.2 Å². The fraction of sp³-hybridized carbons (Fsp3) is 1.00. The van der Waals surface area contributed by atoms with Gasteiger partial charge in [-0.3, -0.25) is 0 Å². The van der Waals surface area contributed by atoms with Crippen LogP contribution < -0.4 is 33.4 Å². The monoisotopic (exact) mass is 252 g/mol. The molecule has 0 bridgehead atoms. The van der Waals surface area contributed by atoms with Crippen molar-refractivity contribution in [1.29, 1.82) is 0 Å². The summed E-state index contributed by atoms with van der Waals surface area (Å²) in [5.41, 5.74) is 0. The third-order valence-electron chi connectivity index (χ3n) is 0.577. The first-order valence-corrected chi connectivity index (χ1v) is 3.86. The molecule has 0 radical (unpaired) electrons. The minimum Gasteiger partial charge on any atom is -1.00 e. The summed E-state index contributed by atoms with van der Waals surface area (Å²) in [6, 6.07) is 0. The molecule has 0 aliphatic heterocycles. The van der Waals surface area contributed by atoms with Crippen LogP contribution in [0.2, 0.25) is 10.6 Å². The first-order valence-electron chi connectivity index (χ1n) is 2.23. The molecule has 0 fully saturated rings. The molecular formula is C4H12AlF2I. The maximum Gasteiger partial charge on any atom is 0.235 e. The van der Waals surface area contributed by atoms with Crippen LogP contribution in [0.5, 0.6) is 0 Å². The van der Waals surface area contributed by atoms with E-state index in [9.17, 15) is 0 Å². The van der Waals surface area contributed by atoms with Gasteiger partial charge in [-0.25, -0.2) is 0 Å². The molecule has 0 N–H and O–H groups in total. The maximum absolute atomic E-state index is 2.25. The molecule has 0 heterocycles. The van der Waals surface area contributed by atoms with Crippen molar-refractivity contribution >= 4 is 15.2 Å². The zero-order valence-corrected chi connectivity index (χ0v) is 8.90. The Kier molecular flexibility index (Phi) is 69.5. The average molecular weight is 252 g/mol. The first-order chi connectivity index (χ1) is 2.41. The van der Waals surface area contributed by atoms with Crippen LogP contribution in [0.15, 0.2) is 0 Å². The molecule has 0 aliphatic rings. The molecule has 8 heavy (non-hydrogen) atoms.